The van der Waals surface area contributed by atoms with Crippen LogP contribution >= 0.6 is 23.2 Å². The molecule has 0 aliphatic rings. The molecule has 1 aromatic carbocycles. The number of carbonyl (C=O) groups excluding carboxylic acids is 1. The van der Waals surface area contributed by atoms with Gasteiger partial charge in [0.15, 0.2) is 6.61 Å². The van der Waals surface area contributed by atoms with Crippen molar-refractivity contribution in [3.8, 4) is 5.75 Å². The van der Waals surface area contributed by atoms with Crippen LogP contribution in [0.1, 0.15) is 6.92 Å². The second-order valence-corrected chi connectivity index (χ2v) is 4.08. The number of nitrogens with zero attached hydrogens (tertiary/aromatic N) is 3. The van der Waals surface area contributed by atoms with Gasteiger partial charge in [-0.3, -0.25) is 4.79 Å². The number of ether oxygens (including phenoxy) is 1. The molecule has 13 nitrogen and oxygen atoms in total. The van der Waals surface area contributed by atoms with E-state index < -0.39 is 10.2 Å². The fourth-order valence-electron chi connectivity index (χ4n) is 0.904. The van der Waals surface area contributed by atoms with Crippen molar-refractivity contribution in [3.63, 3.8) is 0 Å². The van der Waals surface area contributed by atoms with E-state index in [0.29, 0.717) is 15.8 Å². The molecule has 0 saturated heterocycles. The number of nitrogens with one attached hydrogen (secondary N) is 1. The first-order valence-corrected chi connectivity index (χ1v) is 6.33. The maximum absolute atomic E-state index is 11.1. The maximum Gasteiger partial charge on any atom is 2.00 e. The van der Waals surface area contributed by atoms with Gasteiger partial charge in [0.2, 0.25) is 0 Å². The molecule has 0 fully saturated rings. The smallest absolute Gasteiger partial charge is 0.482 e. The molecule has 1 aromatic rings. The van der Waals surface area contributed by atoms with E-state index in [2.05, 4.69) is 10.5 Å². The Kier molecular flexibility index (Phi) is 22.8. The molecule has 0 aliphatic heterocycles. The molecule has 1 amide bonds. The minimum atomic E-state index is -1.75. The van der Waals surface area contributed by atoms with E-state index in [1.165, 1.54) is 6.21 Å². The van der Waals surface area contributed by atoms with Gasteiger partial charge in [-0.05, 0) is 25.1 Å². The summed E-state index contributed by atoms with van der Waals surface area (Å²) < 4.78 is 5.17. The Hall–Kier alpha value is -2.41. The third kappa shape index (κ3) is 23.9. The first-order valence-electron chi connectivity index (χ1n) is 5.57. The van der Waals surface area contributed by atoms with Crippen LogP contribution in [0.15, 0.2) is 23.3 Å². The Labute approximate surface area is 166 Å². The molecule has 0 aliphatic carbocycles. The first-order chi connectivity index (χ1) is 11.1. The zero-order chi connectivity index (χ0) is 19.1. The number of benzene rings is 1. The Balaban J connectivity index is -0.000000206. The van der Waals surface area contributed by atoms with Gasteiger partial charge in [0.25, 0.3) is 5.91 Å². The van der Waals surface area contributed by atoms with Crippen LogP contribution in [-0.2, 0) is 21.3 Å². The molecule has 0 unspecified atom stereocenters. The van der Waals surface area contributed by atoms with Gasteiger partial charge in [-0.15, -0.1) is 0 Å². The number of hydrogen-bond donors (Lipinski definition) is 1. The minimum Gasteiger partial charge on any atom is -0.482 e. The zero-order valence-corrected chi connectivity index (χ0v) is 15.2. The molecule has 3 N–H and O–H groups in total. The van der Waals surface area contributed by atoms with E-state index >= 15 is 0 Å². The van der Waals surface area contributed by atoms with Crippen LogP contribution in [0.3, 0.4) is 0 Å². The van der Waals surface area contributed by atoms with Crippen LogP contribution < -0.4 is 10.2 Å². The molecule has 0 spiro atoms. The van der Waals surface area contributed by atoms with E-state index in [9.17, 15) is 4.79 Å². The zero-order valence-electron chi connectivity index (χ0n) is 12.7. The van der Waals surface area contributed by atoms with Gasteiger partial charge in [-0.2, -0.15) is 5.10 Å². The Morgan fingerprint density at radius 3 is 2.08 bits per heavy atom. The topological polar surface area (TPSA) is 215 Å². The average Bonchev–Trinajstić information content (AvgIpc) is 2.43. The number of carbonyl (C=O) groups is 1. The third-order valence-electron chi connectivity index (χ3n) is 1.57. The Morgan fingerprint density at radius 1 is 1.23 bits per heavy atom. The summed E-state index contributed by atoms with van der Waals surface area (Å²) in [6.45, 7) is 1.54. The van der Waals surface area contributed by atoms with E-state index in [1.807, 2.05) is 0 Å². The number of amides is 1. The van der Waals surface area contributed by atoms with Crippen LogP contribution in [0.2, 0.25) is 10.0 Å². The fraction of sp³-hybridized carbons (Fsp3) is 0.200. The second-order valence-electron chi connectivity index (χ2n) is 3.23. The van der Waals surface area contributed by atoms with Crippen LogP contribution in [0.25, 0.3) is 0 Å². The first kappa shape index (κ1) is 31.4. The van der Waals surface area contributed by atoms with E-state index in [1.54, 1.807) is 25.1 Å². The third-order valence-corrected chi connectivity index (χ3v) is 2.10. The van der Waals surface area contributed by atoms with Crippen molar-refractivity contribution in [1.29, 1.82) is 0 Å². The predicted molar refractivity (Wildman–Crippen MR) is 88.6 cm³/mol. The van der Waals surface area contributed by atoms with Crippen molar-refractivity contribution in [2.45, 2.75) is 6.92 Å². The molecular formula is C10H12Cl2N4NiO9. The van der Waals surface area contributed by atoms with Gasteiger partial charge in [-0.25, -0.2) is 5.43 Å². The second kappa shape index (κ2) is 18.9. The van der Waals surface area contributed by atoms with Gasteiger partial charge >= 0.3 is 16.5 Å². The molecule has 16 heteroatoms. The van der Waals surface area contributed by atoms with E-state index in [4.69, 9.17) is 58.6 Å². The summed E-state index contributed by atoms with van der Waals surface area (Å²) in [5.74, 6) is 0.0470. The normalized spacial score (nSPS) is 8.27. The summed E-state index contributed by atoms with van der Waals surface area (Å²) in [5.41, 5.74) is 2.27. The van der Waals surface area contributed by atoms with Crippen molar-refractivity contribution >= 4 is 35.3 Å². The number of rotatable bonds is 4. The monoisotopic (exact) mass is 460 g/mol. The molecule has 150 valence electrons. The van der Waals surface area contributed by atoms with Gasteiger partial charge in [0.1, 0.15) is 5.75 Å². The maximum atomic E-state index is 11.1. The van der Waals surface area contributed by atoms with E-state index in [0.717, 1.165) is 0 Å². The van der Waals surface area contributed by atoms with Gasteiger partial charge in [-0.1, -0.05) is 23.2 Å². The van der Waals surface area contributed by atoms with Crippen LogP contribution in [0.5, 0.6) is 5.75 Å². The van der Waals surface area contributed by atoms with Gasteiger partial charge < -0.3 is 40.9 Å². The molecule has 1 rings (SSSR count). The average molecular weight is 462 g/mol. The molecule has 0 radical (unpaired) electrons. The summed E-state index contributed by atoms with van der Waals surface area (Å²) in [4.78, 5) is 27.6. The molecule has 0 bridgehead atoms. The van der Waals surface area contributed by atoms with Crippen molar-refractivity contribution in [3.05, 3.63) is 58.9 Å². The standard InChI is InChI=1S/C10H10Cl2N2O2.2NO3.Ni.H2O/c1-2-13-14-10(15)6-16-9-4-3-7(11)5-8(9)12;2*2-1(3)4;;/h2-5H,6H2,1H3,(H,14,15);;;;1H2/q;2*-1;+2;/b13-2+;;;;. The summed E-state index contributed by atoms with van der Waals surface area (Å²) in [7, 11) is 0. The van der Waals surface area contributed by atoms with Crippen molar-refractivity contribution in [1.82, 2.24) is 5.43 Å². The van der Waals surface area contributed by atoms with Crippen molar-refractivity contribution < 1.29 is 41.7 Å². The van der Waals surface area contributed by atoms with Crippen molar-refractivity contribution in [2.24, 2.45) is 5.10 Å². The number of hydrazone groups is 1. The Bertz CT molecular complexity index is 572. The van der Waals surface area contributed by atoms with Crippen molar-refractivity contribution in [2.75, 3.05) is 6.61 Å². The van der Waals surface area contributed by atoms with Crippen LogP contribution in [0.4, 0.5) is 0 Å². The molecule has 0 saturated carbocycles. The molecule has 0 heterocycles. The molecule has 0 aromatic heterocycles. The largest absolute Gasteiger partial charge is 2.00 e. The Morgan fingerprint density at radius 2 is 1.69 bits per heavy atom. The fourth-order valence-corrected chi connectivity index (χ4v) is 1.37. The SMILES string of the molecule is C/C=N/NC(=O)COc1ccc(Cl)cc1Cl.O.O=[N+]([O-])[O-].O=[N+]([O-])[O-].[Ni+2]. The van der Waals surface area contributed by atoms with Gasteiger partial charge in [0.05, 0.1) is 15.2 Å². The minimum absolute atomic E-state index is 0. The molecule has 26 heavy (non-hydrogen) atoms. The van der Waals surface area contributed by atoms with Gasteiger partial charge in [0, 0.05) is 11.2 Å². The quantitative estimate of drug-likeness (QED) is 0.296. The number of hydrogen-bond acceptors (Lipinski definition) is 9. The van der Waals surface area contributed by atoms with E-state index in [-0.39, 0.29) is 34.5 Å². The summed E-state index contributed by atoms with van der Waals surface area (Å²) >= 11 is 11.6. The molecular weight excluding hydrogens is 450 g/mol. The summed E-state index contributed by atoms with van der Waals surface area (Å²) in [5, 5.41) is 33.9. The molecule has 0 atom stereocenters. The summed E-state index contributed by atoms with van der Waals surface area (Å²) in [6.07, 6.45) is 1.47. The van der Waals surface area contributed by atoms with Crippen LogP contribution in [-0.4, -0.2) is 34.4 Å². The summed E-state index contributed by atoms with van der Waals surface area (Å²) in [6, 6.07) is 4.77. The van der Waals surface area contributed by atoms with Crippen LogP contribution in [0, 0.1) is 30.6 Å². The number of halogens is 2. The predicted octanol–water partition coefficient (Wildman–Crippen LogP) is 1.19.